The third-order valence-electron chi connectivity index (χ3n) is 4.78. The second kappa shape index (κ2) is 6.45. The van der Waals surface area contributed by atoms with Crippen LogP contribution in [0.15, 0.2) is 24.4 Å². The summed E-state index contributed by atoms with van der Waals surface area (Å²) in [6, 6.07) is 6.20. The molecule has 0 unspecified atom stereocenters. The lowest BCUT2D eigenvalue weighted by Crippen LogP contribution is -2.35. The van der Waals surface area contributed by atoms with Gasteiger partial charge >= 0.3 is 0 Å². The predicted octanol–water partition coefficient (Wildman–Crippen LogP) is 2.38. The number of benzene rings is 1. The van der Waals surface area contributed by atoms with E-state index in [0.717, 1.165) is 44.3 Å². The number of aryl methyl sites for hydroxylation is 1. The topological polar surface area (TPSA) is 48.8 Å². The standard InChI is InChI=1S/C18H23N3O3/c1-3-21-16-10-20(9-14(11-22-2)15(16)7-19-21)8-13-4-5-17-18(6-13)24-12-23-17/h4-7,14H,3,8-12H2,1-2H3/t14-/m1/s1. The maximum atomic E-state index is 5.49. The molecular formula is C18H23N3O3. The van der Waals surface area contributed by atoms with E-state index >= 15 is 0 Å². The molecular weight excluding hydrogens is 306 g/mol. The lowest BCUT2D eigenvalue weighted by Gasteiger charge is -2.33. The fourth-order valence-electron chi connectivity index (χ4n) is 3.66. The molecule has 128 valence electrons. The van der Waals surface area contributed by atoms with Gasteiger partial charge in [-0.05, 0) is 24.6 Å². The molecule has 4 rings (SSSR count). The van der Waals surface area contributed by atoms with E-state index in [0.29, 0.717) is 12.7 Å². The second-order valence-corrected chi connectivity index (χ2v) is 6.37. The van der Waals surface area contributed by atoms with Crippen LogP contribution in [0.5, 0.6) is 11.5 Å². The van der Waals surface area contributed by atoms with Gasteiger partial charge in [0.2, 0.25) is 6.79 Å². The molecule has 0 saturated heterocycles. The van der Waals surface area contributed by atoms with E-state index in [4.69, 9.17) is 14.2 Å². The van der Waals surface area contributed by atoms with Crippen molar-refractivity contribution in [3.8, 4) is 11.5 Å². The Balaban J connectivity index is 1.55. The molecule has 0 aliphatic carbocycles. The smallest absolute Gasteiger partial charge is 0.231 e. The van der Waals surface area contributed by atoms with Gasteiger partial charge in [-0.1, -0.05) is 6.07 Å². The fraction of sp³-hybridized carbons (Fsp3) is 0.500. The Morgan fingerprint density at radius 3 is 3.00 bits per heavy atom. The van der Waals surface area contributed by atoms with Crippen molar-refractivity contribution in [3.63, 3.8) is 0 Å². The molecule has 1 aromatic carbocycles. The van der Waals surface area contributed by atoms with Crippen molar-refractivity contribution < 1.29 is 14.2 Å². The molecule has 0 radical (unpaired) electrons. The summed E-state index contributed by atoms with van der Waals surface area (Å²) in [5.41, 5.74) is 3.88. The first kappa shape index (κ1) is 15.5. The van der Waals surface area contributed by atoms with Gasteiger partial charge in [0.1, 0.15) is 0 Å². The van der Waals surface area contributed by atoms with Crippen molar-refractivity contribution in [1.29, 1.82) is 0 Å². The molecule has 2 aliphatic rings. The van der Waals surface area contributed by atoms with Crippen LogP contribution in [0, 0.1) is 0 Å². The predicted molar refractivity (Wildman–Crippen MR) is 89.2 cm³/mol. The quantitative estimate of drug-likeness (QED) is 0.843. The highest BCUT2D eigenvalue weighted by atomic mass is 16.7. The Hall–Kier alpha value is -2.05. The van der Waals surface area contributed by atoms with Gasteiger partial charge in [-0.15, -0.1) is 0 Å². The Kier molecular flexibility index (Phi) is 4.16. The number of rotatable bonds is 5. The van der Waals surface area contributed by atoms with Gasteiger partial charge in [0.05, 0.1) is 18.5 Å². The molecule has 0 saturated carbocycles. The second-order valence-electron chi connectivity index (χ2n) is 6.37. The van der Waals surface area contributed by atoms with Gasteiger partial charge in [0.25, 0.3) is 0 Å². The number of hydrogen-bond donors (Lipinski definition) is 0. The maximum Gasteiger partial charge on any atom is 0.231 e. The van der Waals surface area contributed by atoms with Crippen LogP contribution in [-0.2, 0) is 24.4 Å². The number of hydrogen-bond acceptors (Lipinski definition) is 5. The zero-order valence-electron chi connectivity index (χ0n) is 14.2. The third-order valence-corrected chi connectivity index (χ3v) is 4.78. The molecule has 0 bridgehead atoms. The van der Waals surface area contributed by atoms with Crippen molar-refractivity contribution >= 4 is 0 Å². The molecule has 6 heteroatoms. The first-order chi connectivity index (χ1) is 11.8. The molecule has 0 N–H and O–H groups in total. The Morgan fingerprint density at radius 1 is 1.29 bits per heavy atom. The van der Waals surface area contributed by atoms with E-state index in [2.05, 4.69) is 33.7 Å². The molecule has 3 heterocycles. The minimum atomic E-state index is 0.317. The summed E-state index contributed by atoms with van der Waals surface area (Å²) >= 11 is 0. The summed E-state index contributed by atoms with van der Waals surface area (Å²) in [5.74, 6) is 2.05. The van der Waals surface area contributed by atoms with Gasteiger partial charge in [0, 0.05) is 44.8 Å². The van der Waals surface area contributed by atoms with E-state index in [1.165, 1.54) is 16.8 Å². The highest BCUT2D eigenvalue weighted by Gasteiger charge is 2.28. The molecule has 2 aliphatic heterocycles. The molecule has 0 amide bonds. The number of fused-ring (bicyclic) bond motifs is 2. The molecule has 2 aromatic rings. The summed E-state index contributed by atoms with van der Waals surface area (Å²) in [4.78, 5) is 2.46. The van der Waals surface area contributed by atoms with Crippen LogP contribution in [0.25, 0.3) is 0 Å². The van der Waals surface area contributed by atoms with E-state index in [1.807, 2.05) is 12.3 Å². The SMILES string of the molecule is CCn1ncc2c1CN(Cc1ccc3c(c1)OCO3)C[C@@H]2COC. The van der Waals surface area contributed by atoms with Crippen molar-refractivity contribution in [1.82, 2.24) is 14.7 Å². The minimum absolute atomic E-state index is 0.317. The third kappa shape index (κ3) is 2.76. The minimum Gasteiger partial charge on any atom is -0.454 e. The van der Waals surface area contributed by atoms with Crippen LogP contribution in [0.4, 0.5) is 0 Å². The van der Waals surface area contributed by atoms with Gasteiger partial charge < -0.3 is 14.2 Å². The maximum absolute atomic E-state index is 5.49. The summed E-state index contributed by atoms with van der Waals surface area (Å²) in [5, 5.41) is 4.54. The number of ether oxygens (including phenoxy) is 3. The van der Waals surface area contributed by atoms with Crippen molar-refractivity contribution in [3.05, 3.63) is 41.2 Å². The van der Waals surface area contributed by atoms with Crippen molar-refractivity contribution in [2.45, 2.75) is 32.5 Å². The molecule has 6 nitrogen and oxygen atoms in total. The first-order valence-electron chi connectivity index (χ1n) is 8.43. The van der Waals surface area contributed by atoms with E-state index < -0.39 is 0 Å². The summed E-state index contributed by atoms with van der Waals surface area (Å²) in [6.45, 7) is 6.84. The van der Waals surface area contributed by atoms with Crippen LogP contribution >= 0.6 is 0 Å². The van der Waals surface area contributed by atoms with Gasteiger partial charge in [-0.25, -0.2) is 0 Å². The number of nitrogens with zero attached hydrogens (tertiary/aromatic N) is 3. The zero-order valence-corrected chi connectivity index (χ0v) is 14.2. The molecule has 1 atom stereocenters. The van der Waals surface area contributed by atoms with Gasteiger partial charge in [0.15, 0.2) is 11.5 Å². The Labute approximate surface area is 141 Å². The lowest BCUT2D eigenvalue weighted by atomic mass is 9.95. The van der Waals surface area contributed by atoms with Crippen molar-refractivity contribution in [2.75, 3.05) is 27.1 Å². The number of aromatic nitrogens is 2. The molecule has 0 fully saturated rings. The largest absolute Gasteiger partial charge is 0.454 e. The number of methoxy groups -OCH3 is 1. The van der Waals surface area contributed by atoms with Gasteiger partial charge in [-0.3, -0.25) is 9.58 Å². The molecule has 1 aromatic heterocycles. The summed E-state index contributed by atoms with van der Waals surface area (Å²) < 4.78 is 18.4. The van der Waals surface area contributed by atoms with Crippen LogP contribution in [0.2, 0.25) is 0 Å². The fourth-order valence-corrected chi connectivity index (χ4v) is 3.66. The highest BCUT2D eigenvalue weighted by Crippen LogP contribution is 2.34. The van der Waals surface area contributed by atoms with Crippen molar-refractivity contribution in [2.24, 2.45) is 0 Å². The molecule has 0 spiro atoms. The normalized spacial score (nSPS) is 19.5. The van der Waals surface area contributed by atoms with Crippen LogP contribution < -0.4 is 9.47 Å². The van der Waals surface area contributed by atoms with Crippen LogP contribution in [-0.4, -0.2) is 41.7 Å². The average molecular weight is 329 g/mol. The summed E-state index contributed by atoms with van der Waals surface area (Å²) in [7, 11) is 1.76. The average Bonchev–Trinajstić information content (AvgIpc) is 3.21. The summed E-state index contributed by atoms with van der Waals surface area (Å²) in [6.07, 6.45) is 2.01. The monoisotopic (exact) mass is 329 g/mol. The van der Waals surface area contributed by atoms with Crippen LogP contribution in [0.1, 0.15) is 29.7 Å². The molecule has 24 heavy (non-hydrogen) atoms. The Morgan fingerprint density at radius 2 is 2.17 bits per heavy atom. The Bertz CT molecular complexity index is 728. The van der Waals surface area contributed by atoms with E-state index in [-0.39, 0.29) is 0 Å². The van der Waals surface area contributed by atoms with Crippen LogP contribution in [0.3, 0.4) is 0 Å². The van der Waals surface area contributed by atoms with Gasteiger partial charge in [-0.2, -0.15) is 5.10 Å². The zero-order chi connectivity index (χ0) is 16.5. The highest BCUT2D eigenvalue weighted by molar-refractivity contribution is 5.44. The van der Waals surface area contributed by atoms with E-state index in [1.54, 1.807) is 7.11 Å². The first-order valence-corrected chi connectivity index (χ1v) is 8.43. The lowest BCUT2D eigenvalue weighted by molar-refractivity contribution is 0.134. The van der Waals surface area contributed by atoms with E-state index in [9.17, 15) is 0 Å².